The first kappa shape index (κ1) is 19.3. The van der Waals surface area contributed by atoms with Gasteiger partial charge in [-0.2, -0.15) is 4.98 Å². The van der Waals surface area contributed by atoms with E-state index >= 15 is 0 Å². The first-order valence-corrected chi connectivity index (χ1v) is 8.70. The Bertz CT molecular complexity index is 737. The molecule has 134 valence electrons. The molecule has 0 atom stereocenters. The zero-order valence-electron chi connectivity index (χ0n) is 14.1. The molecule has 2 rings (SSSR count). The summed E-state index contributed by atoms with van der Waals surface area (Å²) in [6.45, 7) is 4.47. The van der Waals surface area contributed by atoms with Crippen LogP contribution >= 0.6 is 23.2 Å². The second-order valence-corrected chi connectivity index (χ2v) is 5.87. The number of nitrogens with zero attached hydrogens (tertiary/aromatic N) is 1. The molecule has 7 heteroatoms. The molecule has 0 bridgehead atoms. The molecule has 0 unspecified atom stereocenters. The Morgan fingerprint density at radius 3 is 2.60 bits per heavy atom. The van der Waals surface area contributed by atoms with Gasteiger partial charge < -0.3 is 14.2 Å². The lowest BCUT2D eigenvalue weighted by atomic mass is 10.1. The molecule has 0 saturated carbocycles. The number of hydrogen-bond donors (Lipinski definition) is 0. The number of esters is 1. The first-order chi connectivity index (χ1) is 12.0. The van der Waals surface area contributed by atoms with E-state index in [4.69, 9.17) is 37.4 Å². The van der Waals surface area contributed by atoms with Crippen molar-refractivity contribution >= 4 is 29.2 Å². The summed E-state index contributed by atoms with van der Waals surface area (Å²) >= 11 is 12.1. The van der Waals surface area contributed by atoms with Gasteiger partial charge in [0.25, 0.3) is 0 Å². The highest BCUT2D eigenvalue weighted by atomic mass is 35.5. The highest BCUT2D eigenvalue weighted by molar-refractivity contribution is 6.35. The average molecular weight is 384 g/mol. The van der Waals surface area contributed by atoms with Crippen LogP contribution in [0.4, 0.5) is 0 Å². The molecular formula is C18H19Cl2NO4. The minimum absolute atomic E-state index is 0.230. The van der Waals surface area contributed by atoms with Crippen molar-refractivity contribution in [1.29, 1.82) is 0 Å². The van der Waals surface area contributed by atoms with Crippen LogP contribution in [-0.4, -0.2) is 24.2 Å². The smallest absolute Gasteiger partial charge is 0.306 e. The number of carbonyl (C=O) groups is 1. The standard InChI is InChI=1S/C18H19Cl2NO4/c1-3-23-16-9-5-12(6-10-17(22)24-4-2)18(21-16)25-15-8-7-13(19)11-14(15)20/h5,7-9,11H,3-4,6,10H2,1-2H3. The summed E-state index contributed by atoms with van der Waals surface area (Å²) in [5, 5.41) is 0.878. The van der Waals surface area contributed by atoms with E-state index in [2.05, 4.69) is 4.98 Å². The number of ether oxygens (including phenoxy) is 3. The second kappa shape index (κ2) is 9.49. The maximum atomic E-state index is 11.6. The van der Waals surface area contributed by atoms with Crippen LogP contribution in [-0.2, 0) is 16.0 Å². The Morgan fingerprint density at radius 2 is 1.92 bits per heavy atom. The van der Waals surface area contributed by atoms with Crippen LogP contribution in [0.15, 0.2) is 30.3 Å². The molecule has 5 nitrogen and oxygen atoms in total. The van der Waals surface area contributed by atoms with Crippen molar-refractivity contribution in [3.8, 4) is 17.5 Å². The summed E-state index contributed by atoms with van der Waals surface area (Å²) in [7, 11) is 0. The second-order valence-electron chi connectivity index (χ2n) is 5.03. The lowest BCUT2D eigenvalue weighted by Crippen LogP contribution is -2.06. The SMILES string of the molecule is CCOC(=O)CCc1ccc(OCC)nc1Oc1ccc(Cl)cc1Cl. The van der Waals surface area contributed by atoms with Crippen molar-refractivity contribution < 1.29 is 19.0 Å². The van der Waals surface area contributed by atoms with Crippen LogP contribution < -0.4 is 9.47 Å². The number of hydrogen-bond acceptors (Lipinski definition) is 5. The number of benzene rings is 1. The number of halogens is 2. The number of carbonyl (C=O) groups excluding carboxylic acids is 1. The molecule has 1 heterocycles. The summed E-state index contributed by atoms with van der Waals surface area (Å²) in [6.07, 6.45) is 0.660. The minimum atomic E-state index is -0.271. The van der Waals surface area contributed by atoms with Crippen LogP contribution in [0, 0.1) is 0 Å². The molecule has 1 aromatic heterocycles. The molecule has 25 heavy (non-hydrogen) atoms. The molecule has 0 aliphatic heterocycles. The first-order valence-electron chi connectivity index (χ1n) is 7.94. The number of rotatable bonds is 8. The van der Waals surface area contributed by atoms with Crippen molar-refractivity contribution in [3.05, 3.63) is 45.9 Å². The summed E-state index contributed by atoms with van der Waals surface area (Å²) < 4.78 is 16.2. The number of aromatic nitrogens is 1. The van der Waals surface area contributed by atoms with Gasteiger partial charge in [-0.1, -0.05) is 23.2 Å². The number of pyridine rings is 1. The van der Waals surface area contributed by atoms with E-state index in [1.165, 1.54) is 0 Å². The third-order valence-corrected chi connectivity index (χ3v) is 3.74. The zero-order valence-corrected chi connectivity index (χ0v) is 15.6. The van der Waals surface area contributed by atoms with Gasteiger partial charge in [0, 0.05) is 23.1 Å². The molecule has 2 aromatic rings. The van der Waals surface area contributed by atoms with Gasteiger partial charge in [-0.3, -0.25) is 4.79 Å². The fraction of sp³-hybridized carbons (Fsp3) is 0.333. The van der Waals surface area contributed by atoms with E-state index in [0.29, 0.717) is 47.2 Å². The summed E-state index contributed by atoms with van der Waals surface area (Å²) in [5.74, 6) is 0.915. The molecule has 1 aromatic carbocycles. The Labute approximate surface area is 156 Å². The van der Waals surface area contributed by atoms with E-state index < -0.39 is 0 Å². The fourth-order valence-corrected chi connectivity index (χ4v) is 2.54. The monoisotopic (exact) mass is 383 g/mol. The largest absolute Gasteiger partial charge is 0.478 e. The number of aryl methyl sites for hydroxylation is 1. The molecule has 0 radical (unpaired) electrons. The summed E-state index contributed by atoms with van der Waals surface area (Å²) in [6, 6.07) is 8.47. The lowest BCUT2D eigenvalue weighted by molar-refractivity contribution is -0.143. The van der Waals surface area contributed by atoms with E-state index in [0.717, 1.165) is 5.56 Å². The summed E-state index contributed by atoms with van der Waals surface area (Å²) in [5.41, 5.74) is 0.752. The summed E-state index contributed by atoms with van der Waals surface area (Å²) in [4.78, 5) is 16.0. The average Bonchev–Trinajstić information content (AvgIpc) is 2.57. The van der Waals surface area contributed by atoms with E-state index in [1.54, 1.807) is 31.2 Å². The van der Waals surface area contributed by atoms with E-state index in [9.17, 15) is 4.79 Å². The van der Waals surface area contributed by atoms with Crippen LogP contribution in [0.2, 0.25) is 10.0 Å². The molecule has 0 saturated heterocycles. The van der Waals surface area contributed by atoms with Gasteiger partial charge in [0.15, 0.2) is 0 Å². The highest BCUT2D eigenvalue weighted by Crippen LogP contribution is 2.33. The van der Waals surface area contributed by atoms with Gasteiger partial charge in [0.1, 0.15) is 5.75 Å². The van der Waals surface area contributed by atoms with Gasteiger partial charge in [-0.05, 0) is 44.5 Å². The van der Waals surface area contributed by atoms with Gasteiger partial charge in [-0.15, -0.1) is 0 Å². The molecular weight excluding hydrogens is 365 g/mol. The lowest BCUT2D eigenvalue weighted by Gasteiger charge is -2.13. The Hall–Kier alpha value is -1.98. The molecule has 0 spiro atoms. The fourth-order valence-electron chi connectivity index (χ4n) is 2.09. The van der Waals surface area contributed by atoms with Crippen LogP contribution in [0.5, 0.6) is 17.5 Å². The van der Waals surface area contributed by atoms with Crippen molar-refractivity contribution in [2.45, 2.75) is 26.7 Å². The topological polar surface area (TPSA) is 57.7 Å². The maximum absolute atomic E-state index is 11.6. The highest BCUT2D eigenvalue weighted by Gasteiger charge is 2.13. The maximum Gasteiger partial charge on any atom is 0.306 e. The quantitative estimate of drug-likeness (QED) is 0.595. The van der Waals surface area contributed by atoms with Crippen molar-refractivity contribution in [2.75, 3.05) is 13.2 Å². The Morgan fingerprint density at radius 1 is 1.12 bits per heavy atom. The predicted molar refractivity (Wildman–Crippen MR) is 96.9 cm³/mol. The van der Waals surface area contributed by atoms with Crippen LogP contribution in [0.1, 0.15) is 25.8 Å². The van der Waals surface area contributed by atoms with E-state index in [-0.39, 0.29) is 12.4 Å². The molecule has 0 fully saturated rings. The Kier molecular flexibility index (Phi) is 7.34. The molecule has 0 aliphatic carbocycles. The van der Waals surface area contributed by atoms with Crippen molar-refractivity contribution in [3.63, 3.8) is 0 Å². The van der Waals surface area contributed by atoms with Crippen LogP contribution in [0.25, 0.3) is 0 Å². The molecule has 0 amide bonds. The van der Waals surface area contributed by atoms with Crippen molar-refractivity contribution in [2.24, 2.45) is 0 Å². The zero-order chi connectivity index (χ0) is 18.2. The van der Waals surface area contributed by atoms with Crippen molar-refractivity contribution in [1.82, 2.24) is 4.98 Å². The van der Waals surface area contributed by atoms with Gasteiger partial charge >= 0.3 is 5.97 Å². The predicted octanol–water partition coefficient (Wildman–Crippen LogP) is 5.08. The third kappa shape index (κ3) is 5.80. The van der Waals surface area contributed by atoms with Gasteiger partial charge in [-0.25, -0.2) is 0 Å². The normalized spacial score (nSPS) is 10.4. The van der Waals surface area contributed by atoms with E-state index in [1.807, 2.05) is 13.0 Å². The molecule has 0 aliphatic rings. The Balaban J connectivity index is 2.24. The van der Waals surface area contributed by atoms with Gasteiger partial charge in [0.2, 0.25) is 11.8 Å². The van der Waals surface area contributed by atoms with Crippen LogP contribution in [0.3, 0.4) is 0 Å². The third-order valence-electron chi connectivity index (χ3n) is 3.21. The minimum Gasteiger partial charge on any atom is -0.478 e. The van der Waals surface area contributed by atoms with Gasteiger partial charge in [0.05, 0.1) is 18.2 Å². The molecule has 0 N–H and O–H groups in total.